The Morgan fingerprint density at radius 2 is 2.00 bits per heavy atom. The third-order valence-electron chi connectivity index (χ3n) is 3.27. The van der Waals surface area contributed by atoms with Crippen molar-refractivity contribution in [1.29, 1.82) is 5.26 Å². The molecule has 0 atom stereocenters. The molecule has 140 valence electrons. The molecule has 0 saturated carbocycles. The molecule has 6 nitrogen and oxygen atoms in total. The molecule has 0 bridgehead atoms. The van der Waals surface area contributed by atoms with Crippen LogP contribution in [-0.4, -0.2) is 26.2 Å². The number of para-hydroxylation sites is 2. The number of carbonyl (C=O) groups is 1. The van der Waals surface area contributed by atoms with Crippen LogP contribution in [0.3, 0.4) is 0 Å². The SMILES string of the molecule is COc1cc(/C=C/C(=O)Nc2ccccc2OC(F)F)ccc1OCC#N. The van der Waals surface area contributed by atoms with Gasteiger partial charge < -0.3 is 19.5 Å². The van der Waals surface area contributed by atoms with Crippen LogP contribution in [0, 0.1) is 11.3 Å². The summed E-state index contributed by atoms with van der Waals surface area (Å²) in [6.07, 6.45) is 2.76. The van der Waals surface area contributed by atoms with Gasteiger partial charge >= 0.3 is 6.61 Å². The summed E-state index contributed by atoms with van der Waals surface area (Å²) in [5.74, 6) is 0.154. The second-order valence-electron chi connectivity index (χ2n) is 5.05. The molecule has 0 radical (unpaired) electrons. The lowest BCUT2D eigenvalue weighted by Gasteiger charge is -2.10. The fourth-order valence-electron chi connectivity index (χ4n) is 2.13. The first-order valence-corrected chi connectivity index (χ1v) is 7.74. The monoisotopic (exact) mass is 374 g/mol. The molecule has 0 aliphatic carbocycles. The van der Waals surface area contributed by atoms with Crippen molar-refractivity contribution < 1.29 is 27.8 Å². The second-order valence-corrected chi connectivity index (χ2v) is 5.05. The Hall–Kier alpha value is -3.60. The fraction of sp³-hybridized carbons (Fsp3) is 0.158. The molecule has 2 rings (SSSR count). The predicted octanol–water partition coefficient (Wildman–Crippen LogP) is 3.85. The number of anilines is 1. The molecule has 0 fully saturated rings. The van der Waals surface area contributed by atoms with Crippen molar-refractivity contribution in [2.75, 3.05) is 19.0 Å². The van der Waals surface area contributed by atoms with E-state index in [9.17, 15) is 13.6 Å². The van der Waals surface area contributed by atoms with Gasteiger partial charge in [-0.2, -0.15) is 14.0 Å². The first kappa shape index (κ1) is 19.7. The molecule has 8 heteroatoms. The van der Waals surface area contributed by atoms with Crippen LogP contribution in [0.2, 0.25) is 0 Å². The van der Waals surface area contributed by atoms with Crippen LogP contribution in [0.5, 0.6) is 17.2 Å². The van der Waals surface area contributed by atoms with Gasteiger partial charge in [0.15, 0.2) is 18.1 Å². The summed E-state index contributed by atoms with van der Waals surface area (Å²) in [6, 6.07) is 12.7. The Labute approximate surface area is 154 Å². The van der Waals surface area contributed by atoms with Crippen LogP contribution in [0.15, 0.2) is 48.5 Å². The summed E-state index contributed by atoms with van der Waals surface area (Å²) < 4.78 is 39.6. The molecule has 0 aliphatic rings. The number of hydrogen-bond donors (Lipinski definition) is 1. The highest BCUT2D eigenvalue weighted by Crippen LogP contribution is 2.29. The number of methoxy groups -OCH3 is 1. The van der Waals surface area contributed by atoms with Gasteiger partial charge in [-0.15, -0.1) is 0 Å². The Balaban J connectivity index is 2.08. The molecule has 2 aromatic rings. The van der Waals surface area contributed by atoms with E-state index >= 15 is 0 Å². The van der Waals surface area contributed by atoms with E-state index < -0.39 is 12.5 Å². The molecule has 0 unspecified atom stereocenters. The van der Waals surface area contributed by atoms with Crippen LogP contribution in [0.1, 0.15) is 5.56 Å². The van der Waals surface area contributed by atoms with Gasteiger partial charge in [0.05, 0.1) is 12.8 Å². The molecular weight excluding hydrogens is 358 g/mol. The minimum absolute atomic E-state index is 0.117. The standard InChI is InChI=1S/C19H16F2N2O4/c1-25-17-12-13(6-8-16(17)26-11-10-22)7-9-18(24)23-14-4-2-3-5-15(14)27-19(20)21/h2-9,12,19H,11H2,1H3,(H,23,24)/b9-7+. The first-order valence-electron chi connectivity index (χ1n) is 7.74. The van der Waals surface area contributed by atoms with E-state index in [4.69, 9.17) is 14.7 Å². The third kappa shape index (κ3) is 6.01. The summed E-state index contributed by atoms with van der Waals surface area (Å²) in [6.45, 7) is -3.11. The molecule has 0 heterocycles. The Kier molecular flexibility index (Phi) is 7.14. The lowest BCUT2D eigenvalue weighted by molar-refractivity contribution is -0.111. The number of halogens is 2. The zero-order chi connectivity index (χ0) is 19.6. The molecule has 2 aromatic carbocycles. The van der Waals surface area contributed by atoms with Crippen molar-refractivity contribution in [1.82, 2.24) is 0 Å². The largest absolute Gasteiger partial charge is 0.493 e. The molecule has 0 spiro atoms. The first-order chi connectivity index (χ1) is 13.0. The maximum absolute atomic E-state index is 12.4. The number of carbonyl (C=O) groups excluding carboxylic acids is 1. The van der Waals surface area contributed by atoms with E-state index in [-0.39, 0.29) is 18.0 Å². The molecule has 27 heavy (non-hydrogen) atoms. The average Bonchev–Trinajstić information content (AvgIpc) is 2.66. The number of nitrogens with one attached hydrogen (secondary N) is 1. The molecule has 0 aromatic heterocycles. The number of amides is 1. The number of ether oxygens (including phenoxy) is 3. The summed E-state index contributed by atoms with van der Waals surface area (Å²) in [5, 5.41) is 11.0. The van der Waals surface area contributed by atoms with Gasteiger partial charge in [0, 0.05) is 6.08 Å². The van der Waals surface area contributed by atoms with E-state index in [1.54, 1.807) is 24.3 Å². The van der Waals surface area contributed by atoms with E-state index in [1.165, 1.54) is 37.5 Å². The number of hydrogen-bond acceptors (Lipinski definition) is 5. The number of rotatable bonds is 8. The third-order valence-corrected chi connectivity index (χ3v) is 3.27. The van der Waals surface area contributed by atoms with E-state index in [0.717, 1.165) is 0 Å². The number of nitriles is 1. The number of benzene rings is 2. The highest BCUT2D eigenvalue weighted by Gasteiger charge is 2.10. The second kappa shape index (κ2) is 9.77. The predicted molar refractivity (Wildman–Crippen MR) is 94.8 cm³/mol. The zero-order valence-corrected chi connectivity index (χ0v) is 14.3. The van der Waals surface area contributed by atoms with Crippen molar-refractivity contribution >= 4 is 17.7 Å². The number of alkyl halides is 2. The maximum Gasteiger partial charge on any atom is 0.387 e. The quantitative estimate of drug-likeness (QED) is 0.710. The average molecular weight is 374 g/mol. The van der Waals surface area contributed by atoms with E-state index in [2.05, 4.69) is 10.1 Å². The van der Waals surface area contributed by atoms with Gasteiger partial charge in [-0.3, -0.25) is 4.79 Å². The highest BCUT2D eigenvalue weighted by atomic mass is 19.3. The van der Waals surface area contributed by atoms with Crippen molar-refractivity contribution in [3.8, 4) is 23.3 Å². The van der Waals surface area contributed by atoms with E-state index in [1.807, 2.05) is 6.07 Å². The van der Waals surface area contributed by atoms with Crippen LogP contribution >= 0.6 is 0 Å². The fourth-order valence-corrected chi connectivity index (χ4v) is 2.13. The van der Waals surface area contributed by atoms with Crippen LogP contribution < -0.4 is 19.5 Å². The lowest BCUT2D eigenvalue weighted by Crippen LogP contribution is -2.11. The van der Waals surface area contributed by atoms with Gasteiger partial charge in [0.2, 0.25) is 5.91 Å². The van der Waals surface area contributed by atoms with E-state index in [0.29, 0.717) is 17.1 Å². The van der Waals surface area contributed by atoms with Crippen molar-refractivity contribution in [2.24, 2.45) is 0 Å². The van der Waals surface area contributed by atoms with Crippen LogP contribution in [-0.2, 0) is 4.79 Å². The topological polar surface area (TPSA) is 80.6 Å². The molecule has 0 aliphatic heterocycles. The molecule has 1 amide bonds. The lowest BCUT2D eigenvalue weighted by atomic mass is 10.2. The van der Waals surface area contributed by atoms with Crippen LogP contribution in [0.4, 0.5) is 14.5 Å². The smallest absolute Gasteiger partial charge is 0.387 e. The van der Waals surface area contributed by atoms with Gasteiger partial charge in [-0.25, -0.2) is 0 Å². The zero-order valence-electron chi connectivity index (χ0n) is 14.3. The van der Waals surface area contributed by atoms with Crippen LogP contribution in [0.25, 0.3) is 6.08 Å². The van der Waals surface area contributed by atoms with Gasteiger partial charge in [0.1, 0.15) is 11.8 Å². The maximum atomic E-state index is 12.4. The van der Waals surface area contributed by atoms with Crippen molar-refractivity contribution in [2.45, 2.75) is 6.61 Å². The Bertz CT molecular complexity index is 863. The Morgan fingerprint density at radius 1 is 1.22 bits per heavy atom. The molecular formula is C19H16F2N2O4. The van der Waals surface area contributed by atoms with Gasteiger partial charge in [-0.05, 0) is 35.9 Å². The van der Waals surface area contributed by atoms with Gasteiger partial charge in [-0.1, -0.05) is 18.2 Å². The van der Waals surface area contributed by atoms with Gasteiger partial charge in [0.25, 0.3) is 0 Å². The minimum atomic E-state index is -2.99. The highest BCUT2D eigenvalue weighted by molar-refractivity contribution is 6.02. The van der Waals surface area contributed by atoms with Crippen molar-refractivity contribution in [3.05, 3.63) is 54.1 Å². The normalized spacial score (nSPS) is 10.5. The minimum Gasteiger partial charge on any atom is -0.493 e. The number of nitrogens with zero attached hydrogens (tertiary/aromatic N) is 1. The Morgan fingerprint density at radius 3 is 2.70 bits per heavy atom. The molecule has 0 saturated heterocycles. The summed E-state index contributed by atoms with van der Waals surface area (Å²) in [7, 11) is 1.45. The molecule has 1 N–H and O–H groups in total. The summed E-state index contributed by atoms with van der Waals surface area (Å²) in [5.41, 5.74) is 0.772. The summed E-state index contributed by atoms with van der Waals surface area (Å²) in [4.78, 5) is 12.1. The summed E-state index contributed by atoms with van der Waals surface area (Å²) >= 11 is 0. The van der Waals surface area contributed by atoms with Crippen molar-refractivity contribution in [3.63, 3.8) is 0 Å².